The van der Waals surface area contributed by atoms with Gasteiger partial charge in [-0.15, -0.1) is 0 Å². The maximum Gasteiger partial charge on any atom is 0.126 e. The molecule has 2 heteroatoms. The molecule has 2 atom stereocenters. The van der Waals surface area contributed by atoms with E-state index in [-0.39, 0.29) is 12.1 Å². The zero-order chi connectivity index (χ0) is 15.1. The van der Waals surface area contributed by atoms with Gasteiger partial charge in [0.05, 0.1) is 0 Å². The summed E-state index contributed by atoms with van der Waals surface area (Å²) in [5.41, 5.74) is 13.9. The summed E-state index contributed by atoms with van der Waals surface area (Å²) in [6, 6.07) is 10.8. The van der Waals surface area contributed by atoms with Gasteiger partial charge in [-0.25, -0.2) is 0 Å². The van der Waals surface area contributed by atoms with Gasteiger partial charge in [-0.1, -0.05) is 35.4 Å². The van der Waals surface area contributed by atoms with E-state index in [1.807, 2.05) is 0 Å². The summed E-state index contributed by atoms with van der Waals surface area (Å²) in [6.45, 7) is 8.55. The minimum Gasteiger partial charge on any atom is -0.485 e. The molecule has 0 aromatic heterocycles. The molecule has 2 aromatic carbocycles. The van der Waals surface area contributed by atoms with Crippen LogP contribution in [-0.2, 0) is 0 Å². The molecule has 0 bridgehead atoms. The quantitative estimate of drug-likeness (QED) is 0.838. The topological polar surface area (TPSA) is 35.2 Å². The standard InChI is InChI=1S/C19H23NO/c1-11-5-6-17-15(9-11)16(20)10-18(21-17)19-13(3)7-12(2)8-14(19)4/h5-9,16,18H,10,20H2,1-4H3/t16-,18?/m1/s1. The number of aryl methyl sites for hydroxylation is 4. The van der Waals surface area contributed by atoms with E-state index in [0.717, 1.165) is 17.7 Å². The van der Waals surface area contributed by atoms with Gasteiger partial charge < -0.3 is 10.5 Å². The second kappa shape index (κ2) is 5.19. The Morgan fingerprint density at radius 2 is 1.62 bits per heavy atom. The summed E-state index contributed by atoms with van der Waals surface area (Å²) in [6.07, 6.45) is 0.886. The largest absolute Gasteiger partial charge is 0.485 e. The molecule has 1 aliphatic rings. The van der Waals surface area contributed by atoms with Crippen LogP contribution in [0.1, 0.15) is 51.9 Å². The average molecular weight is 281 g/mol. The monoisotopic (exact) mass is 281 g/mol. The van der Waals surface area contributed by atoms with Gasteiger partial charge >= 0.3 is 0 Å². The van der Waals surface area contributed by atoms with E-state index >= 15 is 0 Å². The molecule has 1 unspecified atom stereocenters. The molecule has 1 heterocycles. The smallest absolute Gasteiger partial charge is 0.126 e. The highest BCUT2D eigenvalue weighted by Gasteiger charge is 2.29. The van der Waals surface area contributed by atoms with Crippen LogP contribution in [0.15, 0.2) is 30.3 Å². The highest BCUT2D eigenvalue weighted by molar-refractivity contribution is 5.45. The maximum atomic E-state index is 6.39. The van der Waals surface area contributed by atoms with Crippen molar-refractivity contribution >= 4 is 0 Å². The normalized spacial score (nSPS) is 20.8. The number of benzene rings is 2. The molecule has 110 valence electrons. The highest BCUT2D eigenvalue weighted by atomic mass is 16.5. The van der Waals surface area contributed by atoms with Crippen molar-refractivity contribution in [1.82, 2.24) is 0 Å². The Morgan fingerprint density at radius 1 is 0.952 bits per heavy atom. The van der Waals surface area contributed by atoms with Crippen LogP contribution in [0.2, 0.25) is 0 Å². The summed E-state index contributed by atoms with van der Waals surface area (Å²) in [4.78, 5) is 0. The summed E-state index contributed by atoms with van der Waals surface area (Å²) in [5, 5.41) is 0. The van der Waals surface area contributed by atoms with Crippen molar-refractivity contribution in [2.75, 3.05) is 0 Å². The lowest BCUT2D eigenvalue weighted by Gasteiger charge is -2.32. The van der Waals surface area contributed by atoms with E-state index in [9.17, 15) is 0 Å². The third-order valence-electron chi connectivity index (χ3n) is 4.36. The SMILES string of the molecule is Cc1cc(C)c(C2C[C@@H](N)c3cc(C)ccc3O2)c(C)c1. The van der Waals surface area contributed by atoms with E-state index in [4.69, 9.17) is 10.5 Å². The molecule has 0 radical (unpaired) electrons. The first-order valence-corrected chi connectivity index (χ1v) is 7.56. The van der Waals surface area contributed by atoms with Gasteiger partial charge in [0.2, 0.25) is 0 Å². The Balaban J connectivity index is 2.02. The third-order valence-corrected chi connectivity index (χ3v) is 4.36. The first-order chi connectivity index (χ1) is 9.95. The van der Waals surface area contributed by atoms with Crippen LogP contribution in [0, 0.1) is 27.7 Å². The Kier molecular flexibility index (Phi) is 3.50. The van der Waals surface area contributed by atoms with Crippen LogP contribution in [0.5, 0.6) is 5.75 Å². The first-order valence-electron chi connectivity index (χ1n) is 7.56. The zero-order valence-electron chi connectivity index (χ0n) is 13.2. The van der Waals surface area contributed by atoms with Crippen LogP contribution in [0.25, 0.3) is 0 Å². The molecular formula is C19H23NO. The fourth-order valence-corrected chi connectivity index (χ4v) is 3.50. The van der Waals surface area contributed by atoms with Crippen molar-refractivity contribution in [3.63, 3.8) is 0 Å². The molecule has 2 nitrogen and oxygen atoms in total. The van der Waals surface area contributed by atoms with Gasteiger partial charge in [0.25, 0.3) is 0 Å². The van der Waals surface area contributed by atoms with E-state index in [2.05, 4.69) is 58.0 Å². The predicted octanol–water partition coefficient (Wildman–Crippen LogP) is 4.44. The van der Waals surface area contributed by atoms with Crippen molar-refractivity contribution < 1.29 is 4.74 Å². The Morgan fingerprint density at radius 3 is 2.29 bits per heavy atom. The van der Waals surface area contributed by atoms with Crippen molar-refractivity contribution in [1.29, 1.82) is 0 Å². The fraction of sp³-hybridized carbons (Fsp3) is 0.368. The first kappa shape index (κ1) is 14.2. The Labute approximate surface area is 126 Å². The molecule has 0 fully saturated rings. The van der Waals surface area contributed by atoms with Crippen LogP contribution in [0.4, 0.5) is 0 Å². The zero-order valence-corrected chi connectivity index (χ0v) is 13.2. The van der Waals surface area contributed by atoms with Crippen LogP contribution < -0.4 is 10.5 Å². The summed E-state index contributed by atoms with van der Waals surface area (Å²) in [7, 11) is 0. The Hall–Kier alpha value is -1.80. The maximum absolute atomic E-state index is 6.39. The number of fused-ring (bicyclic) bond motifs is 1. The van der Waals surface area contributed by atoms with Gasteiger partial charge in [-0.3, -0.25) is 0 Å². The predicted molar refractivity (Wildman–Crippen MR) is 86.7 cm³/mol. The lowest BCUT2D eigenvalue weighted by molar-refractivity contribution is 0.160. The second-order valence-corrected chi connectivity index (χ2v) is 6.30. The van der Waals surface area contributed by atoms with E-state index in [0.29, 0.717) is 0 Å². The molecule has 0 saturated heterocycles. The van der Waals surface area contributed by atoms with Crippen molar-refractivity contribution in [2.45, 2.75) is 46.3 Å². The molecule has 3 rings (SSSR count). The van der Waals surface area contributed by atoms with E-state index in [1.165, 1.54) is 27.8 Å². The van der Waals surface area contributed by atoms with Gasteiger partial charge in [-0.2, -0.15) is 0 Å². The van der Waals surface area contributed by atoms with Crippen molar-refractivity contribution in [3.05, 3.63) is 63.7 Å². The number of ether oxygens (including phenoxy) is 1. The van der Waals surface area contributed by atoms with Crippen LogP contribution >= 0.6 is 0 Å². The highest BCUT2D eigenvalue weighted by Crippen LogP contribution is 2.41. The Bertz CT molecular complexity index is 667. The molecule has 0 aliphatic carbocycles. The molecule has 21 heavy (non-hydrogen) atoms. The minimum absolute atomic E-state index is 0.0405. The molecule has 0 spiro atoms. The van der Waals surface area contributed by atoms with Crippen molar-refractivity contribution in [3.8, 4) is 5.75 Å². The molecule has 2 aromatic rings. The summed E-state index contributed by atoms with van der Waals surface area (Å²) < 4.78 is 6.26. The van der Waals surface area contributed by atoms with Crippen LogP contribution in [-0.4, -0.2) is 0 Å². The summed E-state index contributed by atoms with van der Waals surface area (Å²) in [5.74, 6) is 0.934. The number of hydrogen-bond donors (Lipinski definition) is 1. The lowest BCUT2D eigenvalue weighted by Crippen LogP contribution is -2.25. The third kappa shape index (κ3) is 2.56. The summed E-state index contributed by atoms with van der Waals surface area (Å²) >= 11 is 0. The van der Waals surface area contributed by atoms with Crippen molar-refractivity contribution in [2.24, 2.45) is 5.73 Å². The lowest BCUT2D eigenvalue weighted by atomic mass is 9.88. The van der Waals surface area contributed by atoms with Gasteiger partial charge in [-0.05, 0) is 50.5 Å². The van der Waals surface area contributed by atoms with E-state index in [1.54, 1.807) is 0 Å². The molecule has 0 saturated carbocycles. The second-order valence-electron chi connectivity index (χ2n) is 6.30. The van der Waals surface area contributed by atoms with Gasteiger partial charge in [0, 0.05) is 18.0 Å². The molecule has 2 N–H and O–H groups in total. The molecular weight excluding hydrogens is 258 g/mol. The number of rotatable bonds is 1. The molecule has 0 amide bonds. The minimum atomic E-state index is 0.0405. The average Bonchev–Trinajstić information content (AvgIpc) is 2.38. The van der Waals surface area contributed by atoms with Gasteiger partial charge in [0.1, 0.15) is 11.9 Å². The molecule has 1 aliphatic heterocycles. The number of nitrogens with two attached hydrogens (primary N) is 1. The van der Waals surface area contributed by atoms with Crippen LogP contribution in [0.3, 0.4) is 0 Å². The van der Waals surface area contributed by atoms with E-state index < -0.39 is 0 Å². The fourth-order valence-electron chi connectivity index (χ4n) is 3.50. The van der Waals surface area contributed by atoms with Gasteiger partial charge in [0.15, 0.2) is 0 Å². The number of hydrogen-bond acceptors (Lipinski definition) is 2.